The van der Waals surface area contributed by atoms with Gasteiger partial charge in [0.25, 0.3) is 0 Å². The summed E-state index contributed by atoms with van der Waals surface area (Å²) in [6.45, 7) is 4.42. The lowest BCUT2D eigenvalue weighted by molar-refractivity contribution is 0.104. The number of hydrogen-bond acceptors (Lipinski definition) is 3. The molecule has 0 atom stereocenters. The maximum Gasteiger partial charge on any atom is 0.197 e. The van der Waals surface area contributed by atoms with Crippen molar-refractivity contribution >= 4 is 17.1 Å². The molecule has 1 aliphatic heterocycles. The lowest BCUT2D eigenvalue weighted by Crippen LogP contribution is -2.02. The van der Waals surface area contributed by atoms with Gasteiger partial charge in [0.2, 0.25) is 0 Å². The zero-order valence-corrected chi connectivity index (χ0v) is 10.4. The molecule has 0 bridgehead atoms. The first-order chi connectivity index (χ1) is 7.81. The standard InChI is InChI=1S/C13H17NOS/c1-2-3-5-11(14-7-8-14)10-12(15)13-6-4-9-16-13/h4,6,9-10H,2-3,5,7-8H2,1H3/b11-10+. The van der Waals surface area contributed by atoms with E-state index in [4.69, 9.17) is 0 Å². The monoisotopic (exact) mass is 235 g/mol. The van der Waals surface area contributed by atoms with Crippen molar-refractivity contribution in [3.8, 4) is 0 Å². The van der Waals surface area contributed by atoms with E-state index in [0.29, 0.717) is 0 Å². The Balaban J connectivity index is 2.03. The predicted octanol–water partition coefficient (Wildman–Crippen LogP) is 3.32. The van der Waals surface area contributed by atoms with Gasteiger partial charge < -0.3 is 4.90 Å². The van der Waals surface area contributed by atoms with E-state index in [-0.39, 0.29) is 5.78 Å². The van der Waals surface area contributed by atoms with Gasteiger partial charge in [-0.05, 0) is 24.3 Å². The molecule has 0 saturated carbocycles. The highest BCUT2D eigenvalue weighted by Gasteiger charge is 2.21. The first kappa shape index (κ1) is 11.4. The second-order valence-electron chi connectivity index (χ2n) is 4.07. The molecule has 0 aliphatic carbocycles. The molecule has 2 nitrogen and oxygen atoms in total. The van der Waals surface area contributed by atoms with Crippen LogP contribution in [0.4, 0.5) is 0 Å². The molecule has 3 heteroatoms. The highest BCUT2D eigenvalue weighted by atomic mass is 32.1. The van der Waals surface area contributed by atoms with Crippen LogP contribution in [0.3, 0.4) is 0 Å². The van der Waals surface area contributed by atoms with Gasteiger partial charge in [-0.3, -0.25) is 4.79 Å². The van der Waals surface area contributed by atoms with Gasteiger partial charge in [-0.15, -0.1) is 11.3 Å². The fourth-order valence-corrected chi connectivity index (χ4v) is 2.29. The number of unbranched alkanes of at least 4 members (excludes halogenated alkanes) is 1. The number of allylic oxidation sites excluding steroid dienone is 2. The number of nitrogens with zero attached hydrogens (tertiary/aromatic N) is 1. The van der Waals surface area contributed by atoms with Crippen LogP contribution < -0.4 is 0 Å². The van der Waals surface area contributed by atoms with E-state index >= 15 is 0 Å². The van der Waals surface area contributed by atoms with E-state index in [1.54, 1.807) is 0 Å². The minimum absolute atomic E-state index is 0.160. The van der Waals surface area contributed by atoms with Crippen molar-refractivity contribution in [2.75, 3.05) is 13.1 Å². The Bertz CT molecular complexity index is 377. The average Bonchev–Trinajstić information content (AvgIpc) is 2.98. The van der Waals surface area contributed by atoms with Crippen LogP contribution in [-0.4, -0.2) is 23.8 Å². The zero-order chi connectivity index (χ0) is 11.4. The summed E-state index contributed by atoms with van der Waals surface area (Å²) in [5.74, 6) is 0.160. The average molecular weight is 235 g/mol. The molecule has 0 spiro atoms. The van der Waals surface area contributed by atoms with Gasteiger partial charge in [0.05, 0.1) is 4.88 Å². The van der Waals surface area contributed by atoms with Gasteiger partial charge in [0, 0.05) is 24.9 Å². The molecule has 1 aromatic heterocycles. The van der Waals surface area contributed by atoms with Gasteiger partial charge in [-0.1, -0.05) is 19.4 Å². The summed E-state index contributed by atoms with van der Waals surface area (Å²) in [7, 11) is 0. The zero-order valence-electron chi connectivity index (χ0n) is 9.61. The molecule has 2 heterocycles. The second-order valence-corrected chi connectivity index (χ2v) is 5.02. The van der Waals surface area contributed by atoms with E-state index in [1.807, 2.05) is 23.6 Å². The number of hydrogen-bond donors (Lipinski definition) is 0. The normalized spacial score (nSPS) is 15.3. The lowest BCUT2D eigenvalue weighted by Gasteiger charge is -2.07. The summed E-state index contributed by atoms with van der Waals surface area (Å²) < 4.78 is 0. The summed E-state index contributed by atoms with van der Waals surface area (Å²) in [5, 5.41) is 1.95. The minimum Gasteiger partial charge on any atom is -0.371 e. The first-order valence-electron chi connectivity index (χ1n) is 5.84. The lowest BCUT2D eigenvalue weighted by atomic mass is 10.1. The van der Waals surface area contributed by atoms with Crippen LogP contribution in [0.2, 0.25) is 0 Å². The third-order valence-electron chi connectivity index (χ3n) is 2.70. The first-order valence-corrected chi connectivity index (χ1v) is 6.72. The molecule has 0 aromatic carbocycles. The van der Waals surface area contributed by atoms with Crippen LogP contribution in [0.25, 0.3) is 0 Å². The number of ketones is 1. The molecule has 16 heavy (non-hydrogen) atoms. The molecule has 1 aromatic rings. The number of carbonyl (C=O) groups excluding carboxylic acids is 1. The van der Waals surface area contributed by atoms with Gasteiger partial charge in [0.15, 0.2) is 5.78 Å². The van der Waals surface area contributed by atoms with Crippen LogP contribution in [0, 0.1) is 0 Å². The van der Waals surface area contributed by atoms with E-state index < -0.39 is 0 Å². The fraction of sp³-hybridized carbons (Fsp3) is 0.462. The van der Waals surface area contributed by atoms with Gasteiger partial charge in [0.1, 0.15) is 0 Å². The maximum absolute atomic E-state index is 11.9. The predicted molar refractivity (Wildman–Crippen MR) is 67.8 cm³/mol. The van der Waals surface area contributed by atoms with Crippen molar-refractivity contribution in [3.63, 3.8) is 0 Å². The Morgan fingerprint density at radius 2 is 2.38 bits per heavy atom. The fourth-order valence-electron chi connectivity index (χ4n) is 1.66. The Morgan fingerprint density at radius 1 is 1.56 bits per heavy atom. The molecular weight excluding hydrogens is 218 g/mol. The van der Waals surface area contributed by atoms with Crippen molar-refractivity contribution in [3.05, 3.63) is 34.2 Å². The molecule has 2 rings (SSSR count). The molecule has 0 N–H and O–H groups in total. The molecule has 0 unspecified atom stereocenters. The maximum atomic E-state index is 11.9. The quantitative estimate of drug-likeness (QED) is 0.428. The Morgan fingerprint density at radius 3 is 2.94 bits per heavy atom. The van der Waals surface area contributed by atoms with E-state index in [2.05, 4.69) is 11.8 Å². The van der Waals surface area contributed by atoms with Crippen LogP contribution in [0.15, 0.2) is 29.3 Å². The Kier molecular flexibility index (Phi) is 3.78. The summed E-state index contributed by atoms with van der Waals surface area (Å²) in [6.07, 6.45) is 5.21. The van der Waals surface area contributed by atoms with Crippen molar-refractivity contribution in [2.45, 2.75) is 26.2 Å². The molecule has 1 aliphatic rings. The van der Waals surface area contributed by atoms with Crippen molar-refractivity contribution in [2.24, 2.45) is 0 Å². The molecule has 0 radical (unpaired) electrons. The Hall–Kier alpha value is -1.09. The minimum atomic E-state index is 0.160. The highest BCUT2D eigenvalue weighted by Crippen LogP contribution is 2.21. The van der Waals surface area contributed by atoms with Gasteiger partial charge in [-0.2, -0.15) is 0 Å². The Labute approximate surface area is 101 Å². The molecule has 1 fully saturated rings. The van der Waals surface area contributed by atoms with Gasteiger partial charge in [-0.25, -0.2) is 0 Å². The largest absolute Gasteiger partial charge is 0.371 e. The number of rotatable bonds is 6. The van der Waals surface area contributed by atoms with Crippen LogP contribution in [-0.2, 0) is 0 Å². The third-order valence-corrected chi connectivity index (χ3v) is 3.59. The van der Waals surface area contributed by atoms with Crippen LogP contribution >= 0.6 is 11.3 Å². The van der Waals surface area contributed by atoms with Crippen LogP contribution in [0.1, 0.15) is 35.9 Å². The van der Waals surface area contributed by atoms with Crippen LogP contribution in [0.5, 0.6) is 0 Å². The van der Waals surface area contributed by atoms with Gasteiger partial charge >= 0.3 is 0 Å². The molecule has 86 valence electrons. The summed E-state index contributed by atoms with van der Waals surface area (Å²) in [5.41, 5.74) is 1.22. The topological polar surface area (TPSA) is 20.1 Å². The summed E-state index contributed by atoms with van der Waals surface area (Å²) in [4.78, 5) is 15.0. The van der Waals surface area contributed by atoms with Crippen molar-refractivity contribution < 1.29 is 4.79 Å². The highest BCUT2D eigenvalue weighted by molar-refractivity contribution is 7.12. The summed E-state index contributed by atoms with van der Waals surface area (Å²) >= 11 is 1.52. The van der Waals surface area contributed by atoms with E-state index in [9.17, 15) is 4.79 Å². The summed E-state index contributed by atoms with van der Waals surface area (Å²) in [6, 6.07) is 3.82. The molecule has 1 saturated heterocycles. The third kappa shape index (κ3) is 2.95. The molecule has 0 amide bonds. The number of carbonyl (C=O) groups is 1. The number of thiophene rings is 1. The van der Waals surface area contributed by atoms with E-state index in [0.717, 1.165) is 24.4 Å². The smallest absolute Gasteiger partial charge is 0.197 e. The SMILES string of the molecule is CCCC/C(=C\C(=O)c1cccs1)N1CC1. The molecular formula is C13H17NOS. The second kappa shape index (κ2) is 5.30. The van der Waals surface area contributed by atoms with E-state index in [1.165, 1.54) is 29.9 Å². The van der Waals surface area contributed by atoms with Crippen molar-refractivity contribution in [1.82, 2.24) is 4.90 Å². The van der Waals surface area contributed by atoms with Crippen molar-refractivity contribution in [1.29, 1.82) is 0 Å².